The molecule has 0 saturated carbocycles. The molecular formula is C33H36ClN3O7. The van der Waals surface area contributed by atoms with E-state index in [4.69, 9.17) is 17.3 Å². The molecular weight excluding hydrogens is 586 g/mol. The van der Waals surface area contributed by atoms with Gasteiger partial charge < -0.3 is 26.2 Å². The fourth-order valence-electron chi connectivity index (χ4n) is 7.85. The first-order chi connectivity index (χ1) is 20.9. The molecule has 0 bridgehead atoms. The van der Waals surface area contributed by atoms with Crippen molar-refractivity contribution in [3.05, 3.63) is 86.3 Å². The Balaban J connectivity index is 1.44. The zero-order valence-corrected chi connectivity index (χ0v) is 25.3. The van der Waals surface area contributed by atoms with E-state index in [9.17, 15) is 34.8 Å². The van der Waals surface area contributed by atoms with Crippen LogP contribution < -0.4 is 5.73 Å². The van der Waals surface area contributed by atoms with Crippen molar-refractivity contribution in [2.45, 2.75) is 56.8 Å². The predicted octanol–water partition coefficient (Wildman–Crippen LogP) is 3.50. The number of phenols is 1. The number of nitrogens with zero attached hydrogens (tertiary/aromatic N) is 2. The molecule has 4 aliphatic rings. The molecule has 44 heavy (non-hydrogen) atoms. The lowest BCUT2D eigenvalue weighted by molar-refractivity contribution is -0.148. The van der Waals surface area contributed by atoms with E-state index >= 15 is 0 Å². The molecule has 1 fully saturated rings. The fourth-order valence-corrected chi connectivity index (χ4v) is 8.20. The summed E-state index contributed by atoms with van der Waals surface area (Å²) in [6, 6.07) is 10.5. The van der Waals surface area contributed by atoms with Gasteiger partial charge in [-0.1, -0.05) is 48.9 Å². The van der Waals surface area contributed by atoms with Gasteiger partial charge in [0.2, 0.25) is 5.78 Å². The van der Waals surface area contributed by atoms with E-state index < -0.39 is 58.0 Å². The number of ketones is 2. The first-order valence-corrected chi connectivity index (χ1v) is 15.3. The highest BCUT2D eigenvalue weighted by molar-refractivity contribution is 6.33. The van der Waals surface area contributed by atoms with Gasteiger partial charge in [-0.3, -0.25) is 24.2 Å². The van der Waals surface area contributed by atoms with Gasteiger partial charge in [-0.2, -0.15) is 0 Å². The molecule has 2 aromatic carbocycles. The predicted molar refractivity (Wildman–Crippen MR) is 162 cm³/mol. The molecule has 6 N–H and O–H groups in total. The number of benzene rings is 2. The molecule has 11 heteroatoms. The molecule has 0 spiro atoms. The van der Waals surface area contributed by atoms with Gasteiger partial charge in [-0.25, -0.2) is 0 Å². The number of likely N-dealkylation sites (tertiary alicyclic amines) is 1. The first kappa shape index (κ1) is 30.3. The third-order valence-corrected chi connectivity index (χ3v) is 10.5. The van der Waals surface area contributed by atoms with Crippen LogP contribution in [0.5, 0.6) is 5.75 Å². The van der Waals surface area contributed by atoms with E-state index in [1.807, 2.05) is 18.2 Å². The summed E-state index contributed by atoms with van der Waals surface area (Å²) in [5, 5.41) is 46.1. The Morgan fingerprint density at radius 2 is 1.89 bits per heavy atom. The summed E-state index contributed by atoms with van der Waals surface area (Å²) in [7, 11) is 1.65. The summed E-state index contributed by atoms with van der Waals surface area (Å²) >= 11 is 7.07. The number of aliphatic hydroxyl groups is 3. The SMILES string of the molecule is CCN(C)[C@@H]1C(O)=C(C(N)=O)C(=O)[C@@]2(O)C(O)=C3C(=O)c4c(O)cc(C5CCCN5Cc5ccccc5)c(Cl)c4C[C@H]3C[C@@H]12. The number of phenolic OH excluding ortho intramolecular Hbond substituents is 1. The van der Waals surface area contributed by atoms with E-state index in [2.05, 4.69) is 17.0 Å². The van der Waals surface area contributed by atoms with Crippen LogP contribution in [0, 0.1) is 11.8 Å². The highest BCUT2D eigenvalue weighted by atomic mass is 35.5. The van der Waals surface area contributed by atoms with Crippen LogP contribution in [0.4, 0.5) is 0 Å². The number of Topliss-reactive ketones (excluding diaryl/α,β-unsaturated/α-hetero) is 2. The van der Waals surface area contributed by atoms with Crippen molar-refractivity contribution in [3.63, 3.8) is 0 Å². The van der Waals surface area contributed by atoms with Crippen LogP contribution in [0.1, 0.15) is 59.3 Å². The molecule has 1 unspecified atom stereocenters. The van der Waals surface area contributed by atoms with Crippen LogP contribution in [0.15, 0.2) is 59.1 Å². The number of primary amides is 1. The Kier molecular flexibility index (Phi) is 7.60. The van der Waals surface area contributed by atoms with E-state index in [0.29, 0.717) is 23.7 Å². The second-order valence-corrected chi connectivity index (χ2v) is 12.7. The second kappa shape index (κ2) is 11.0. The van der Waals surface area contributed by atoms with Gasteiger partial charge in [0.25, 0.3) is 5.91 Å². The molecule has 5 atom stereocenters. The highest BCUT2D eigenvalue weighted by Crippen LogP contribution is 2.54. The maximum Gasteiger partial charge on any atom is 0.255 e. The third kappa shape index (κ3) is 4.38. The maximum absolute atomic E-state index is 14.0. The van der Waals surface area contributed by atoms with E-state index in [1.54, 1.807) is 18.9 Å². The van der Waals surface area contributed by atoms with Crippen molar-refractivity contribution < 1.29 is 34.8 Å². The molecule has 2 aromatic rings. The van der Waals surface area contributed by atoms with Crippen molar-refractivity contribution in [2.75, 3.05) is 20.1 Å². The van der Waals surface area contributed by atoms with Crippen molar-refractivity contribution in [2.24, 2.45) is 17.6 Å². The number of rotatable bonds is 6. The number of likely N-dealkylation sites (N-methyl/N-ethyl adjacent to an activating group) is 1. The summed E-state index contributed by atoms with van der Waals surface area (Å²) < 4.78 is 0. The van der Waals surface area contributed by atoms with Crippen LogP contribution in [0.25, 0.3) is 0 Å². The minimum absolute atomic E-state index is 0.0167. The van der Waals surface area contributed by atoms with Crippen LogP contribution in [0.2, 0.25) is 5.02 Å². The number of aromatic hydroxyl groups is 1. The van der Waals surface area contributed by atoms with Crippen LogP contribution in [-0.2, 0) is 22.6 Å². The van der Waals surface area contributed by atoms with Crippen LogP contribution >= 0.6 is 11.6 Å². The van der Waals surface area contributed by atoms with Gasteiger partial charge in [0, 0.05) is 29.1 Å². The molecule has 232 valence electrons. The smallest absolute Gasteiger partial charge is 0.255 e. The minimum atomic E-state index is -2.68. The van der Waals surface area contributed by atoms with E-state index in [0.717, 1.165) is 30.5 Å². The molecule has 6 rings (SSSR count). The fraction of sp³-hybridized carbons (Fsp3) is 0.424. The Morgan fingerprint density at radius 3 is 2.55 bits per heavy atom. The highest BCUT2D eigenvalue weighted by Gasteiger charge is 2.63. The topological polar surface area (TPSA) is 165 Å². The number of amides is 1. The Labute approximate surface area is 260 Å². The van der Waals surface area contributed by atoms with Gasteiger partial charge in [-0.15, -0.1) is 0 Å². The van der Waals surface area contributed by atoms with Crippen molar-refractivity contribution >= 4 is 29.1 Å². The molecule has 1 heterocycles. The molecule has 1 aliphatic heterocycles. The van der Waals surface area contributed by atoms with Gasteiger partial charge in [-0.05, 0) is 74.5 Å². The summed E-state index contributed by atoms with van der Waals surface area (Å²) in [6.45, 7) is 3.72. The van der Waals surface area contributed by atoms with Crippen molar-refractivity contribution in [1.82, 2.24) is 9.80 Å². The average Bonchev–Trinajstić information content (AvgIpc) is 3.44. The minimum Gasteiger partial charge on any atom is -0.510 e. The summed E-state index contributed by atoms with van der Waals surface area (Å²) in [6.07, 6.45) is 1.94. The van der Waals surface area contributed by atoms with Gasteiger partial charge in [0.05, 0.1) is 11.6 Å². The second-order valence-electron chi connectivity index (χ2n) is 12.3. The maximum atomic E-state index is 14.0. The molecule has 0 aromatic heterocycles. The monoisotopic (exact) mass is 621 g/mol. The van der Waals surface area contributed by atoms with E-state index in [-0.39, 0.29) is 35.8 Å². The first-order valence-electron chi connectivity index (χ1n) is 14.9. The van der Waals surface area contributed by atoms with E-state index in [1.165, 1.54) is 6.07 Å². The number of carbonyl (C=O) groups is 3. The van der Waals surface area contributed by atoms with Crippen LogP contribution in [0.3, 0.4) is 0 Å². The lowest BCUT2D eigenvalue weighted by Crippen LogP contribution is -2.64. The molecule has 10 nitrogen and oxygen atoms in total. The number of aliphatic hydroxyl groups excluding tert-OH is 2. The molecule has 1 saturated heterocycles. The Hall–Kier alpha value is -3.70. The summed E-state index contributed by atoms with van der Waals surface area (Å²) in [5.41, 5.74) is 3.98. The number of nitrogens with two attached hydrogens (primary N) is 1. The Bertz CT molecular complexity index is 1640. The number of halogens is 1. The summed E-state index contributed by atoms with van der Waals surface area (Å²) in [5.74, 6) is -6.78. The van der Waals surface area contributed by atoms with Crippen LogP contribution in [-0.4, -0.2) is 79.5 Å². The van der Waals surface area contributed by atoms with Crippen molar-refractivity contribution in [3.8, 4) is 5.75 Å². The standard InChI is InChI=1S/C33H36ClN3O7/c1-3-36(2)27-20-13-17-12-19-24(28(39)23(17)30(41)33(20,44)31(42)25(29(27)40)32(35)43)22(38)14-18(26(19)34)21-10-7-11-37(21)15-16-8-5-4-6-9-16/h4-6,8-9,14,17,20-21,27,38,40-41,44H,3,7,10-13,15H2,1-2H3,(H2,35,43)/t17-,20-,21?,27-,33-/m0/s1. The van der Waals surface area contributed by atoms with Gasteiger partial charge in [0.15, 0.2) is 11.4 Å². The Morgan fingerprint density at radius 1 is 1.18 bits per heavy atom. The van der Waals surface area contributed by atoms with Crippen molar-refractivity contribution in [1.29, 1.82) is 0 Å². The number of fused-ring (bicyclic) bond motifs is 3. The molecule has 3 aliphatic carbocycles. The van der Waals surface area contributed by atoms with Gasteiger partial charge in [0.1, 0.15) is 22.8 Å². The number of hydrogen-bond acceptors (Lipinski definition) is 9. The largest absolute Gasteiger partial charge is 0.510 e. The summed E-state index contributed by atoms with van der Waals surface area (Å²) in [4.78, 5) is 43.7. The molecule has 1 amide bonds. The van der Waals surface area contributed by atoms with Gasteiger partial charge >= 0.3 is 0 Å². The number of carbonyl (C=O) groups excluding carboxylic acids is 3. The quantitative estimate of drug-likeness (QED) is 0.304. The zero-order valence-electron chi connectivity index (χ0n) is 24.6. The average molecular weight is 622 g/mol. The lowest BCUT2D eigenvalue weighted by atomic mass is 9.58. The number of hydrogen-bond donors (Lipinski definition) is 5. The normalized spacial score (nSPS) is 28.8. The zero-order chi connectivity index (χ0) is 31.7. The lowest BCUT2D eigenvalue weighted by Gasteiger charge is -2.50. The number of allylic oxidation sites excluding steroid dienone is 1. The molecule has 0 radical (unpaired) electrons. The third-order valence-electron chi connectivity index (χ3n) is 10.1.